The molecule has 0 aliphatic carbocycles. The van der Waals surface area contributed by atoms with Gasteiger partial charge in [-0.25, -0.2) is 0 Å². The van der Waals surface area contributed by atoms with Crippen LogP contribution in [0.3, 0.4) is 0 Å². The number of amides is 1. The van der Waals surface area contributed by atoms with Crippen molar-refractivity contribution in [3.8, 4) is 5.69 Å². The van der Waals surface area contributed by atoms with Crippen LogP contribution in [0.5, 0.6) is 0 Å². The number of thiocarbonyl (C=S) groups is 1. The van der Waals surface area contributed by atoms with Gasteiger partial charge < -0.3 is 9.47 Å². The number of anilines is 1. The first-order chi connectivity index (χ1) is 15.5. The second-order valence-electron chi connectivity index (χ2n) is 8.84. The van der Waals surface area contributed by atoms with Gasteiger partial charge in [0.1, 0.15) is 5.70 Å². The van der Waals surface area contributed by atoms with Gasteiger partial charge in [0.05, 0.1) is 5.69 Å². The second-order valence-corrected chi connectivity index (χ2v) is 9.99. The van der Waals surface area contributed by atoms with Gasteiger partial charge in [-0.05, 0) is 118 Å². The number of aromatic nitrogens is 1. The minimum Gasteiger partial charge on any atom is -0.318 e. The molecule has 0 unspecified atom stereocenters. The highest BCUT2D eigenvalue weighted by molar-refractivity contribution is 9.10. The number of hydrogen-bond acceptors (Lipinski definition) is 2. The van der Waals surface area contributed by atoms with E-state index in [1.807, 2.05) is 38.2 Å². The van der Waals surface area contributed by atoms with E-state index in [9.17, 15) is 4.79 Å². The fraction of sp³-hybridized carbons (Fsp3) is 0.259. The van der Waals surface area contributed by atoms with Crippen molar-refractivity contribution in [3.05, 3.63) is 85.8 Å². The minimum atomic E-state index is -0.106. The lowest BCUT2D eigenvalue weighted by Gasteiger charge is -2.17. The molecule has 1 aliphatic rings. The summed E-state index contributed by atoms with van der Waals surface area (Å²) in [6.45, 7) is 12.5. The first kappa shape index (κ1) is 23.5. The Hall–Kier alpha value is -2.70. The van der Waals surface area contributed by atoms with Gasteiger partial charge in [0.25, 0.3) is 5.91 Å². The van der Waals surface area contributed by atoms with Gasteiger partial charge in [0, 0.05) is 28.6 Å². The van der Waals surface area contributed by atoms with Crippen LogP contribution in [0.15, 0.2) is 46.6 Å². The van der Waals surface area contributed by atoms with E-state index in [0.29, 0.717) is 10.8 Å². The predicted octanol–water partition coefficient (Wildman–Crippen LogP) is 6.69. The molecule has 3 aromatic rings. The number of rotatable bonds is 3. The topological polar surface area (TPSA) is 28.5 Å². The zero-order valence-corrected chi connectivity index (χ0v) is 22.5. The molecule has 4 rings (SSSR count). The third-order valence-electron chi connectivity index (χ3n) is 6.45. The quantitative estimate of drug-likeness (QED) is 0.283. The highest BCUT2D eigenvalue weighted by Gasteiger charge is 2.37. The van der Waals surface area contributed by atoms with Crippen molar-refractivity contribution in [2.75, 3.05) is 11.9 Å². The van der Waals surface area contributed by atoms with Crippen LogP contribution in [-0.4, -0.2) is 27.5 Å². The molecule has 0 saturated carbocycles. The Balaban J connectivity index is 1.77. The third-order valence-corrected chi connectivity index (χ3v) is 8.16. The SMILES string of the molecule is Cc1ccc(N2C(=O)/C(=C/c3cc(C)n(-c4cc(C)c(Br)c(C)c4)c3C)N(C)C2=S)cc1C. The van der Waals surface area contributed by atoms with E-state index in [0.717, 1.165) is 38.4 Å². The van der Waals surface area contributed by atoms with Crippen molar-refractivity contribution >= 4 is 50.9 Å². The number of aryl methyl sites for hydroxylation is 5. The van der Waals surface area contributed by atoms with Gasteiger partial charge in [0.15, 0.2) is 5.11 Å². The van der Waals surface area contributed by atoms with Crippen LogP contribution in [0.25, 0.3) is 11.8 Å². The van der Waals surface area contributed by atoms with Crippen molar-refractivity contribution in [2.24, 2.45) is 0 Å². The highest BCUT2D eigenvalue weighted by Crippen LogP contribution is 2.32. The van der Waals surface area contributed by atoms with Crippen LogP contribution in [-0.2, 0) is 4.79 Å². The van der Waals surface area contributed by atoms with Gasteiger partial charge in [-0.2, -0.15) is 0 Å². The van der Waals surface area contributed by atoms with Crippen LogP contribution in [0.1, 0.15) is 39.2 Å². The molecule has 1 saturated heterocycles. The number of benzene rings is 2. The van der Waals surface area contributed by atoms with Crippen LogP contribution in [0, 0.1) is 41.5 Å². The Labute approximate surface area is 209 Å². The Morgan fingerprint density at radius 2 is 1.45 bits per heavy atom. The lowest BCUT2D eigenvalue weighted by Crippen LogP contribution is -2.31. The maximum absolute atomic E-state index is 13.4. The van der Waals surface area contributed by atoms with E-state index in [4.69, 9.17) is 12.2 Å². The summed E-state index contributed by atoms with van der Waals surface area (Å²) >= 11 is 9.31. The molecule has 0 spiro atoms. The maximum Gasteiger partial charge on any atom is 0.281 e. The first-order valence-corrected chi connectivity index (χ1v) is 12.1. The molecule has 4 nitrogen and oxygen atoms in total. The van der Waals surface area contributed by atoms with Crippen LogP contribution < -0.4 is 4.90 Å². The number of carbonyl (C=O) groups excluding carboxylic acids is 1. The van der Waals surface area contributed by atoms with Crippen molar-refractivity contribution in [1.82, 2.24) is 9.47 Å². The molecule has 0 N–H and O–H groups in total. The number of halogens is 1. The zero-order chi connectivity index (χ0) is 24.2. The molecule has 1 fully saturated rings. The van der Waals surface area contributed by atoms with E-state index in [-0.39, 0.29) is 5.91 Å². The molecular formula is C27H28BrN3OS. The van der Waals surface area contributed by atoms with Crippen molar-refractivity contribution in [1.29, 1.82) is 0 Å². The van der Waals surface area contributed by atoms with E-state index in [2.05, 4.69) is 73.3 Å². The Kier molecular flexibility index (Phi) is 6.10. The van der Waals surface area contributed by atoms with E-state index in [1.165, 1.54) is 16.7 Å². The molecule has 0 atom stereocenters. The number of carbonyl (C=O) groups is 1. The molecule has 0 bridgehead atoms. The van der Waals surface area contributed by atoms with E-state index in [1.54, 1.807) is 9.80 Å². The fourth-order valence-electron chi connectivity index (χ4n) is 4.38. The van der Waals surface area contributed by atoms with E-state index >= 15 is 0 Å². The first-order valence-electron chi connectivity index (χ1n) is 10.9. The summed E-state index contributed by atoms with van der Waals surface area (Å²) in [7, 11) is 1.85. The molecule has 0 radical (unpaired) electrons. The summed E-state index contributed by atoms with van der Waals surface area (Å²) in [6.07, 6.45) is 1.95. The summed E-state index contributed by atoms with van der Waals surface area (Å²) in [5, 5.41) is 0.488. The summed E-state index contributed by atoms with van der Waals surface area (Å²) in [5.74, 6) is -0.106. The Morgan fingerprint density at radius 1 is 0.848 bits per heavy atom. The molecule has 33 heavy (non-hydrogen) atoms. The summed E-state index contributed by atoms with van der Waals surface area (Å²) in [4.78, 5) is 16.9. The van der Waals surface area contributed by atoms with Gasteiger partial charge in [-0.15, -0.1) is 0 Å². The smallest absolute Gasteiger partial charge is 0.281 e. The van der Waals surface area contributed by atoms with Gasteiger partial charge >= 0.3 is 0 Å². The maximum atomic E-state index is 13.4. The zero-order valence-electron chi connectivity index (χ0n) is 20.1. The third kappa shape index (κ3) is 3.96. The van der Waals surface area contributed by atoms with Crippen molar-refractivity contribution < 1.29 is 4.79 Å². The molecule has 2 aromatic carbocycles. The average Bonchev–Trinajstić information content (AvgIpc) is 3.15. The summed E-state index contributed by atoms with van der Waals surface area (Å²) < 4.78 is 3.37. The molecule has 170 valence electrons. The molecule has 1 aliphatic heterocycles. The van der Waals surface area contributed by atoms with Crippen molar-refractivity contribution in [2.45, 2.75) is 41.5 Å². The lowest BCUT2D eigenvalue weighted by atomic mass is 10.1. The van der Waals surface area contributed by atoms with Gasteiger partial charge in [0.2, 0.25) is 0 Å². The fourth-order valence-corrected chi connectivity index (χ4v) is 4.89. The number of hydrogen-bond donors (Lipinski definition) is 0. The largest absolute Gasteiger partial charge is 0.318 e. The summed E-state index contributed by atoms with van der Waals surface area (Å²) in [6, 6.07) is 12.5. The van der Waals surface area contributed by atoms with Crippen LogP contribution in [0.2, 0.25) is 0 Å². The molecule has 6 heteroatoms. The monoisotopic (exact) mass is 521 g/mol. The highest BCUT2D eigenvalue weighted by atomic mass is 79.9. The molecule has 1 amide bonds. The number of likely N-dealkylation sites (N-methyl/N-ethyl adjacent to an activating group) is 1. The lowest BCUT2D eigenvalue weighted by molar-refractivity contribution is -0.114. The van der Waals surface area contributed by atoms with Crippen LogP contribution >= 0.6 is 28.1 Å². The van der Waals surface area contributed by atoms with Crippen LogP contribution in [0.4, 0.5) is 5.69 Å². The molecule has 1 aromatic heterocycles. The normalized spacial score (nSPS) is 15.3. The average molecular weight is 523 g/mol. The van der Waals surface area contributed by atoms with E-state index < -0.39 is 0 Å². The second kappa shape index (κ2) is 8.58. The predicted molar refractivity (Wildman–Crippen MR) is 144 cm³/mol. The molecule has 2 heterocycles. The summed E-state index contributed by atoms with van der Waals surface area (Å²) in [5.41, 5.74) is 10.4. The van der Waals surface area contributed by atoms with Gasteiger partial charge in [-0.3, -0.25) is 9.69 Å². The Bertz CT molecular complexity index is 1330. The number of nitrogens with zero attached hydrogens (tertiary/aromatic N) is 3. The standard InChI is InChI=1S/C27H28BrN3OS/c1-15-8-9-22(10-16(15)2)31-26(32)24(29(7)27(31)33)14-21-13-19(5)30(20(21)6)23-11-17(3)25(28)18(4)12-23/h8-14H,1-7H3/b24-14-. The van der Waals surface area contributed by atoms with Gasteiger partial charge in [-0.1, -0.05) is 22.0 Å². The van der Waals surface area contributed by atoms with Crippen molar-refractivity contribution in [3.63, 3.8) is 0 Å². The minimum absolute atomic E-state index is 0.106. The molecular weight excluding hydrogens is 494 g/mol. The Morgan fingerprint density at radius 3 is 2.06 bits per heavy atom.